The molecule has 0 rings (SSSR count). The Bertz CT molecular complexity index is 338. The number of rotatable bonds is 8. The molecule has 4 nitrogen and oxygen atoms in total. The molecule has 0 fully saturated rings. The molecule has 0 aliphatic rings. The quantitative estimate of drug-likeness (QED) is 0.472. The molecule has 3 atom stereocenters. The number of likely N-dealkylation sites (N-methyl/N-ethyl adjacent to an activating group) is 1. The molecular weight excluding hydrogens is 288 g/mol. The number of nitrogens with one attached hydrogen (secondary N) is 2. The normalized spacial score (nSPS) is 14.0. The summed E-state index contributed by atoms with van der Waals surface area (Å²) in [5.74, 6) is -0.350. The highest BCUT2D eigenvalue weighted by Crippen LogP contribution is 2.06. The monoisotopic (exact) mass is 326 g/mol. The van der Waals surface area contributed by atoms with Gasteiger partial charge in [0.15, 0.2) is 0 Å². The molecule has 0 aromatic carbocycles. The lowest BCUT2D eigenvalue weighted by atomic mass is 10.0. The highest BCUT2D eigenvalue weighted by atomic mass is 16.3. The minimum Gasteiger partial charge on any atom is -0.382 e. The van der Waals surface area contributed by atoms with Gasteiger partial charge in [-0.3, -0.25) is 4.79 Å². The second kappa shape index (κ2) is 18.7. The van der Waals surface area contributed by atoms with Gasteiger partial charge in [0.05, 0.1) is 6.04 Å². The van der Waals surface area contributed by atoms with E-state index in [4.69, 9.17) is 0 Å². The number of allylic oxidation sites excluding steroid dienone is 2. The van der Waals surface area contributed by atoms with Crippen LogP contribution >= 0.6 is 0 Å². The van der Waals surface area contributed by atoms with Crippen molar-refractivity contribution in [1.29, 1.82) is 0 Å². The van der Waals surface area contributed by atoms with Gasteiger partial charge in [0.1, 0.15) is 6.10 Å². The molecule has 0 heterocycles. The van der Waals surface area contributed by atoms with Crippen LogP contribution in [-0.2, 0) is 4.79 Å². The van der Waals surface area contributed by atoms with Crippen LogP contribution in [0.15, 0.2) is 37.0 Å². The maximum Gasteiger partial charge on any atom is 0.250 e. The number of hydrogen-bond acceptors (Lipinski definition) is 3. The third kappa shape index (κ3) is 12.8. The van der Waals surface area contributed by atoms with E-state index in [1.165, 1.54) is 0 Å². The number of carbonyl (C=O) groups is 1. The highest BCUT2D eigenvalue weighted by Gasteiger charge is 2.25. The molecule has 0 aromatic heterocycles. The highest BCUT2D eigenvalue weighted by molar-refractivity contribution is 5.82. The Morgan fingerprint density at radius 3 is 2.04 bits per heavy atom. The lowest BCUT2D eigenvalue weighted by Gasteiger charge is -2.23. The van der Waals surface area contributed by atoms with Gasteiger partial charge in [-0.25, -0.2) is 0 Å². The number of hydrogen-bond donors (Lipinski definition) is 3. The summed E-state index contributed by atoms with van der Waals surface area (Å²) in [6.45, 7) is 18.7. The van der Waals surface area contributed by atoms with Gasteiger partial charge in [0.2, 0.25) is 0 Å². The van der Waals surface area contributed by atoms with E-state index in [0.717, 1.165) is 18.4 Å². The van der Waals surface area contributed by atoms with Crippen LogP contribution in [0.25, 0.3) is 0 Å². The van der Waals surface area contributed by atoms with Crippen LogP contribution in [0, 0.1) is 0 Å². The van der Waals surface area contributed by atoms with Gasteiger partial charge in [-0.1, -0.05) is 52.0 Å². The molecule has 0 aliphatic carbocycles. The molecule has 0 saturated heterocycles. The number of amides is 1. The topological polar surface area (TPSA) is 61.4 Å². The number of aliphatic hydroxyl groups excluding tert-OH is 1. The van der Waals surface area contributed by atoms with E-state index in [9.17, 15) is 9.90 Å². The molecule has 23 heavy (non-hydrogen) atoms. The Kier molecular flexibility index (Phi) is 21.5. The largest absolute Gasteiger partial charge is 0.382 e. The van der Waals surface area contributed by atoms with Crippen LogP contribution in [-0.4, -0.2) is 36.2 Å². The maximum absolute atomic E-state index is 11.9. The third-order valence-corrected chi connectivity index (χ3v) is 3.05. The first kappa shape index (κ1) is 26.5. The van der Waals surface area contributed by atoms with Gasteiger partial charge in [0.25, 0.3) is 5.91 Å². The second-order valence-electron chi connectivity index (χ2n) is 4.76. The second-order valence-corrected chi connectivity index (χ2v) is 4.76. The van der Waals surface area contributed by atoms with E-state index in [1.807, 2.05) is 47.6 Å². The van der Waals surface area contributed by atoms with Crippen molar-refractivity contribution in [3.63, 3.8) is 0 Å². The smallest absolute Gasteiger partial charge is 0.250 e. The Hall–Kier alpha value is -1.39. The molecule has 3 N–H and O–H groups in total. The lowest BCUT2D eigenvalue weighted by Crippen LogP contribution is -2.50. The number of aliphatic hydroxyl groups is 1. The summed E-state index contributed by atoms with van der Waals surface area (Å²) in [6, 6.07) is -0.353. The van der Waals surface area contributed by atoms with Crippen LogP contribution < -0.4 is 10.6 Å². The Labute approximate surface area is 143 Å². The first-order valence-corrected chi connectivity index (χ1v) is 8.44. The van der Waals surface area contributed by atoms with Gasteiger partial charge in [-0.05, 0) is 39.8 Å². The zero-order chi connectivity index (χ0) is 18.8. The van der Waals surface area contributed by atoms with E-state index in [-0.39, 0.29) is 18.0 Å². The first-order valence-electron chi connectivity index (χ1n) is 8.44. The molecule has 0 spiro atoms. The van der Waals surface area contributed by atoms with Gasteiger partial charge in [0, 0.05) is 6.04 Å². The molecule has 0 saturated carbocycles. The Morgan fingerprint density at radius 1 is 1.26 bits per heavy atom. The van der Waals surface area contributed by atoms with E-state index in [1.54, 1.807) is 19.2 Å². The molecule has 0 bridgehead atoms. The molecule has 4 heteroatoms. The van der Waals surface area contributed by atoms with Crippen molar-refractivity contribution in [3.8, 4) is 0 Å². The van der Waals surface area contributed by atoms with E-state index in [0.29, 0.717) is 0 Å². The van der Waals surface area contributed by atoms with Crippen LogP contribution in [0.5, 0.6) is 0 Å². The predicted molar refractivity (Wildman–Crippen MR) is 103 cm³/mol. The van der Waals surface area contributed by atoms with Crippen molar-refractivity contribution in [1.82, 2.24) is 10.6 Å². The van der Waals surface area contributed by atoms with E-state index >= 15 is 0 Å². The fourth-order valence-electron chi connectivity index (χ4n) is 1.88. The van der Waals surface area contributed by atoms with Crippen LogP contribution in [0.3, 0.4) is 0 Å². The summed E-state index contributed by atoms with van der Waals surface area (Å²) in [6.07, 6.45) is 6.00. The summed E-state index contributed by atoms with van der Waals surface area (Å²) in [7, 11) is 1.75. The summed E-state index contributed by atoms with van der Waals surface area (Å²) in [5.41, 5.74) is 0.937. The van der Waals surface area contributed by atoms with Crippen molar-refractivity contribution in [2.24, 2.45) is 0 Å². The van der Waals surface area contributed by atoms with Gasteiger partial charge < -0.3 is 15.7 Å². The molecule has 136 valence electrons. The summed E-state index contributed by atoms with van der Waals surface area (Å²) >= 11 is 0. The molecule has 3 unspecified atom stereocenters. The van der Waals surface area contributed by atoms with Crippen molar-refractivity contribution in [2.75, 3.05) is 7.05 Å². The van der Waals surface area contributed by atoms with Crippen molar-refractivity contribution in [2.45, 2.75) is 72.6 Å². The van der Waals surface area contributed by atoms with Crippen LogP contribution in [0.2, 0.25) is 0 Å². The first-order chi connectivity index (χ1) is 10.9. The SMILES string of the molecule is C=C/C(=C\C)C(C)NC(=O)C(O)C(CCC)NC.C=CC.CC. The zero-order valence-electron chi connectivity index (χ0n) is 16.1. The van der Waals surface area contributed by atoms with Gasteiger partial charge >= 0.3 is 0 Å². The fraction of sp³-hybridized carbons (Fsp3) is 0.632. The molecule has 0 aromatic rings. The Balaban J connectivity index is -0.000000710. The molecule has 1 amide bonds. The predicted octanol–water partition coefficient (Wildman–Crippen LogP) is 3.59. The average Bonchev–Trinajstić information content (AvgIpc) is 2.55. The van der Waals surface area contributed by atoms with Crippen molar-refractivity contribution >= 4 is 5.91 Å². The van der Waals surface area contributed by atoms with Crippen molar-refractivity contribution in [3.05, 3.63) is 37.0 Å². The summed E-state index contributed by atoms with van der Waals surface area (Å²) in [4.78, 5) is 11.9. The minimum absolute atomic E-state index is 0.145. The lowest BCUT2D eigenvalue weighted by molar-refractivity contribution is -0.131. The van der Waals surface area contributed by atoms with Gasteiger partial charge in [-0.15, -0.1) is 6.58 Å². The summed E-state index contributed by atoms with van der Waals surface area (Å²) in [5, 5.41) is 15.7. The minimum atomic E-state index is -1.03. The van der Waals surface area contributed by atoms with Crippen LogP contribution in [0.1, 0.15) is 54.4 Å². The van der Waals surface area contributed by atoms with Gasteiger partial charge in [-0.2, -0.15) is 0 Å². The Morgan fingerprint density at radius 2 is 1.74 bits per heavy atom. The van der Waals surface area contributed by atoms with Crippen molar-refractivity contribution < 1.29 is 9.90 Å². The average molecular weight is 327 g/mol. The molecule has 0 aliphatic heterocycles. The molecule has 0 radical (unpaired) electrons. The standard InChI is InChI=1S/C14H26N2O2.C3H6.C2H6/c1-6-9-12(15-5)13(17)14(18)16-10(4)11(7-2)8-3;1-3-2;1-2/h7-8,10,12-13,15,17H,2,6,9H2,1,3-5H3,(H,16,18);3H,1H2,2H3;1-2H3/b11-8+;;. The zero-order valence-corrected chi connectivity index (χ0v) is 16.1. The van der Waals surface area contributed by atoms with E-state index in [2.05, 4.69) is 23.8 Å². The summed E-state index contributed by atoms with van der Waals surface area (Å²) < 4.78 is 0. The number of carbonyl (C=O) groups excluding carboxylic acids is 1. The third-order valence-electron chi connectivity index (χ3n) is 3.05. The fourth-order valence-corrected chi connectivity index (χ4v) is 1.88. The maximum atomic E-state index is 11.9. The van der Waals surface area contributed by atoms with Crippen LogP contribution in [0.4, 0.5) is 0 Å². The van der Waals surface area contributed by atoms with E-state index < -0.39 is 6.10 Å². The molecular formula is C19H38N2O2.